The van der Waals surface area contributed by atoms with Crippen molar-refractivity contribution in [2.24, 2.45) is 0 Å². The van der Waals surface area contributed by atoms with Crippen molar-refractivity contribution in [2.75, 3.05) is 44.6 Å². The zero-order chi connectivity index (χ0) is 36.8. The fraction of sp³-hybridized carbons (Fsp3) is 0.615. The Labute approximate surface area is 313 Å². The molecule has 2 aromatic carbocycles. The molecule has 272 valence electrons. The fourth-order valence-corrected chi connectivity index (χ4v) is 6.49. The lowest BCUT2D eigenvalue weighted by Crippen LogP contribution is -2.46. The summed E-state index contributed by atoms with van der Waals surface area (Å²) >= 11 is 17.2. The van der Waals surface area contributed by atoms with Crippen LogP contribution in [0, 0.1) is 0 Å². The first-order valence-electron chi connectivity index (χ1n) is 17.7. The van der Waals surface area contributed by atoms with E-state index in [1.807, 2.05) is 0 Å². The zero-order valence-electron chi connectivity index (χ0n) is 32.2. The van der Waals surface area contributed by atoms with Crippen molar-refractivity contribution < 1.29 is 0 Å². The molecule has 1 aliphatic heterocycles. The van der Waals surface area contributed by atoms with Crippen LogP contribution in [0.2, 0.25) is 0 Å². The second kappa shape index (κ2) is 16.7. The smallest absolute Gasteiger partial charge is 0.170 e. The van der Waals surface area contributed by atoms with Gasteiger partial charge in [-0.2, -0.15) is 0 Å². The maximum atomic E-state index is 5.75. The number of nitrogens with zero attached hydrogens (tertiary/aromatic N) is 1. The normalized spacial score (nSPS) is 16.2. The van der Waals surface area contributed by atoms with Crippen molar-refractivity contribution in [1.29, 1.82) is 0 Å². The maximum absolute atomic E-state index is 5.75. The highest BCUT2D eigenvalue weighted by Crippen LogP contribution is 2.35. The van der Waals surface area contributed by atoms with Crippen molar-refractivity contribution >= 4 is 57.7 Å². The summed E-state index contributed by atoms with van der Waals surface area (Å²) in [7, 11) is 0. The molecule has 0 aliphatic carbocycles. The number of rotatable bonds is 4. The first-order chi connectivity index (χ1) is 22.5. The van der Waals surface area contributed by atoms with Crippen LogP contribution in [0.3, 0.4) is 0 Å². The van der Waals surface area contributed by atoms with E-state index in [1.165, 1.54) is 33.4 Å². The second-order valence-corrected chi connectivity index (χ2v) is 18.6. The summed E-state index contributed by atoms with van der Waals surface area (Å²) in [6, 6.07) is 11.5. The van der Waals surface area contributed by atoms with Gasteiger partial charge in [0.1, 0.15) is 0 Å². The Morgan fingerprint density at radius 3 is 1.49 bits per heavy atom. The number of hydrogen-bond acceptors (Lipinski definition) is 4. The molecule has 2 bridgehead atoms. The molecule has 0 saturated heterocycles. The lowest BCUT2D eigenvalue weighted by molar-refractivity contribution is 0.286. The van der Waals surface area contributed by atoms with Crippen molar-refractivity contribution in [3.05, 3.63) is 63.7 Å². The number of hydrogen-bond donors (Lipinski definition) is 6. The molecule has 3 rings (SSSR count). The van der Waals surface area contributed by atoms with Crippen molar-refractivity contribution in [3.63, 3.8) is 0 Å². The molecular weight excluding hydrogens is 663 g/mol. The average molecular weight is 726 g/mol. The van der Waals surface area contributed by atoms with Crippen LogP contribution >= 0.6 is 36.7 Å². The van der Waals surface area contributed by atoms with E-state index in [0.717, 1.165) is 38.4 Å². The van der Waals surface area contributed by atoms with Gasteiger partial charge in [-0.15, -0.1) is 0 Å². The molecule has 0 aromatic heterocycles. The SMILES string of the molecule is CC(C)(C)c1cc(NC(=S)NCCN2CCNC(=S)NCc3cc(c(C(C)(C)C)cc3C(C)(C)C)CNC(=S)NCC2)cc(C(C)(C)C)c1. The number of anilines is 1. The molecule has 0 amide bonds. The first-order valence-corrected chi connectivity index (χ1v) is 18.9. The number of thiocarbonyl (C=S) groups is 3. The van der Waals surface area contributed by atoms with Crippen LogP contribution in [0.25, 0.3) is 0 Å². The van der Waals surface area contributed by atoms with Gasteiger partial charge in [0.15, 0.2) is 15.3 Å². The highest BCUT2D eigenvalue weighted by Gasteiger charge is 2.26. The van der Waals surface area contributed by atoms with E-state index in [0.29, 0.717) is 35.0 Å². The number of benzene rings is 2. The lowest BCUT2D eigenvalue weighted by atomic mass is 9.76. The third-order valence-electron chi connectivity index (χ3n) is 8.89. The summed E-state index contributed by atoms with van der Waals surface area (Å²) in [6.07, 6.45) is 0. The van der Waals surface area contributed by atoms with Gasteiger partial charge in [-0.25, -0.2) is 0 Å². The summed E-state index contributed by atoms with van der Waals surface area (Å²) in [5.41, 5.74) is 8.84. The fourth-order valence-electron chi connectivity index (χ4n) is 5.92. The van der Waals surface area contributed by atoms with Crippen molar-refractivity contribution in [3.8, 4) is 0 Å². The molecule has 0 atom stereocenters. The van der Waals surface area contributed by atoms with Gasteiger partial charge in [-0.05, 0) is 104 Å². The molecular formula is C39H63N7S3. The van der Waals surface area contributed by atoms with E-state index in [4.69, 9.17) is 36.7 Å². The second-order valence-electron chi connectivity index (χ2n) is 17.4. The van der Waals surface area contributed by atoms with Crippen LogP contribution in [-0.4, -0.2) is 59.5 Å². The summed E-state index contributed by atoms with van der Waals surface area (Å²) in [5.74, 6) is 0. The van der Waals surface area contributed by atoms with Crippen molar-refractivity contribution in [2.45, 2.75) is 118 Å². The third kappa shape index (κ3) is 12.9. The van der Waals surface area contributed by atoms with E-state index >= 15 is 0 Å². The largest absolute Gasteiger partial charge is 0.361 e. The van der Waals surface area contributed by atoms with Crippen LogP contribution in [0.5, 0.6) is 0 Å². The van der Waals surface area contributed by atoms with E-state index in [1.54, 1.807) is 0 Å². The molecule has 49 heavy (non-hydrogen) atoms. The topological polar surface area (TPSA) is 75.4 Å². The number of fused-ring (bicyclic) bond motifs is 2. The van der Waals surface area contributed by atoms with Crippen LogP contribution in [-0.2, 0) is 34.7 Å². The average Bonchev–Trinajstić information content (AvgIpc) is 2.96. The van der Waals surface area contributed by atoms with Crippen LogP contribution < -0.4 is 31.9 Å². The first kappa shape index (κ1) is 40.9. The zero-order valence-corrected chi connectivity index (χ0v) is 34.7. The van der Waals surface area contributed by atoms with Crippen LogP contribution in [0.4, 0.5) is 5.69 Å². The van der Waals surface area contributed by atoms with Gasteiger partial charge in [0.05, 0.1) is 0 Å². The highest BCUT2D eigenvalue weighted by molar-refractivity contribution is 7.80. The van der Waals surface area contributed by atoms with E-state index in [-0.39, 0.29) is 21.7 Å². The molecule has 1 heterocycles. The standard InChI is InChI=1S/C39H63N7S3/c1-36(2,3)28-20-29(37(4,5)6)22-30(21-28)45-35(49)42-15-18-46-16-13-40-33(47)43-24-26-19-27(25-44-34(48)41-14-17-46)32(39(10,11)12)23-31(26)38(7,8)9/h19-23H,13-18,24-25H2,1-12H3,(H2,40,43,47)(H2,41,44,48)(H2,42,45,49). The van der Waals surface area contributed by atoms with Crippen LogP contribution in [0.1, 0.15) is 116 Å². The van der Waals surface area contributed by atoms with E-state index in [9.17, 15) is 0 Å². The van der Waals surface area contributed by atoms with Gasteiger partial charge >= 0.3 is 0 Å². The molecule has 0 fully saturated rings. The summed E-state index contributed by atoms with van der Waals surface area (Å²) in [4.78, 5) is 2.39. The van der Waals surface area contributed by atoms with Crippen LogP contribution in [0.15, 0.2) is 30.3 Å². The predicted molar refractivity (Wildman–Crippen MR) is 223 cm³/mol. The molecule has 1 aliphatic rings. The molecule has 0 radical (unpaired) electrons. The van der Waals surface area contributed by atoms with E-state index < -0.39 is 0 Å². The van der Waals surface area contributed by atoms with E-state index in [2.05, 4.69) is 150 Å². The minimum absolute atomic E-state index is 0.00604. The van der Waals surface area contributed by atoms with Crippen molar-refractivity contribution in [1.82, 2.24) is 31.5 Å². The third-order valence-corrected chi connectivity index (χ3v) is 9.71. The van der Waals surface area contributed by atoms with Gasteiger partial charge < -0.3 is 31.9 Å². The number of nitrogens with one attached hydrogen (secondary N) is 6. The molecule has 6 N–H and O–H groups in total. The monoisotopic (exact) mass is 725 g/mol. The Hall–Kier alpha value is -2.53. The molecule has 7 nitrogen and oxygen atoms in total. The Morgan fingerprint density at radius 1 is 0.633 bits per heavy atom. The lowest BCUT2D eigenvalue weighted by Gasteiger charge is -2.31. The van der Waals surface area contributed by atoms with Gasteiger partial charge in [-0.1, -0.05) is 101 Å². The van der Waals surface area contributed by atoms with Gasteiger partial charge in [0.2, 0.25) is 0 Å². The van der Waals surface area contributed by atoms with Gasteiger partial charge in [0, 0.05) is 58.0 Å². The summed E-state index contributed by atoms with van der Waals surface area (Å²) in [6.45, 7) is 33.1. The summed E-state index contributed by atoms with van der Waals surface area (Å²) in [5, 5.41) is 22.7. The molecule has 0 unspecified atom stereocenters. The molecule has 0 spiro atoms. The van der Waals surface area contributed by atoms with Gasteiger partial charge in [-0.3, -0.25) is 4.90 Å². The minimum atomic E-state index is -0.00604. The Kier molecular flexibility index (Phi) is 13.9. The quantitative estimate of drug-likeness (QED) is 0.184. The molecule has 10 heteroatoms. The molecule has 2 aromatic rings. The molecule has 0 saturated carbocycles. The Balaban J connectivity index is 1.68. The highest BCUT2D eigenvalue weighted by atomic mass is 32.1. The Morgan fingerprint density at radius 2 is 1.08 bits per heavy atom. The summed E-state index contributed by atoms with van der Waals surface area (Å²) < 4.78 is 0. The predicted octanol–water partition coefficient (Wildman–Crippen LogP) is 7.11. The Bertz CT molecular complexity index is 1380. The minimum Gasteiger partial charge on any atom is -0.361 e. The maximum Gasteiger partial charge on any atom is 0.170 e. The van der Waals surface area contributed by atoms with Gasteiger partial charge in [0.25, 0.3) is 0 Å².